The first kappa shape index (κ1) is 18.9. The van der Waals surface area contributed by atoms with Crippen molar-refractivity contribution in [3.63, 3.8) is 0 Å². The van der Waals surface area contributed by atoms with Gasteiger partial charge in [0.1, 0.15) is 5.60 Å². The number of benzene rings is 1. The predicted octanol–water partition coefficient (Wildman–Crippen LogP) is 2.41. The van der Waals surface area contributed by atoms with E-state index in [-0.39, 0.29) is 18.3 Å². The first-order valence-corrected chi connectivity index (χ1v) is 7.68. The van der Waals surface area contributed by atoms with Gasteiger partial charge in [-0.2, -0.15) is 0 Å². The summed E-state index contributed by atoms with van der Waals surface area (Å²) in [5.74, 6) is 0.315. The van der Waals surface area contributed by atoms with Crippen LogP contribution in [0.4, 0.5) is 0 Å². The van der Waals surface area contributed by atoms with Gasteiger partial charge in [-0.15, -0.1) is 12.4 Å². The van der Waals surface area contributed by atoms with Crippen LogP contribution in [0.15, 0.2) is 24.3 Å². The zero-order valence-corrected chi connectivity index (χ0v) is 14.5. The zero-order chi connectivity index (χ0) is 15.3. The van der Waals surface area contributed by atoms with Gasteiger partial charge in [-0.1, -0.05) is 36.8 Å². The number of halogens is 1. The van der Waals surface area contributed by atoms with Gasteiger partial charge in [0.25, 0.3) is 5.91 Å². The Morgan fingerprint density at radius 2 is 1.91 bits per heavy atom. The molecule has 0 saturated carbocycles. The van der Waals surface area contributed by atoms with Gasteiger partial charge in [0.05, 0.1) is 0 Å². The molecule has 0 spiro atoms. The number of ether oxygens (including phenoxy) is 1. The SMILES string of the molecule is COC1(C(=O)NCC(C)c2ccc(C)cc2)CCNCC1.Cl. The highest BCUT2D eigenvalue weighted by Crippen LogP contribution is 2.23. The third-order valence-corrected chi connectivity index (χ3v) is 4.43. The number of rotatable bonds is 5. The van der Waals surface area contributed by atoms with E-state index < -0.39 is 5.60 Å². The maximum absolute atomic E-state index is 12.5. The second-order valence-electron chi connectivity index (χ2n) is 5.97. The highest BCUT2D eigenvalue weighted by Gasteiger charge is 2.39. The molecule has 0 aliphatic carbocycles. The summed E-state index contributed by atoms with van der Waals surface area (Å²) in [6.45, 7) is 6.51. The number of aryl methyl sites for hydroxylation is 1. The lowest BCUT2D eigenvalue weighted by molar-refractivity contribution is -0.146. The fourth-order valence-corrected chi connectivity index (χ4v) is 2.77. The van der Waals surface area contributed by atoms with Crippen LogP contribution in [0, 0.1) is 6.92 Å². The van der Waals surface area contributed by atoms with Gasteiger partial charge in [0, 0.05) is 13.7 Å². The summed E-state index contributed by atoms with van der Waals surface area (Å²) in [6.07, 6.45) is 1.46. The maximum atomic E-state index is 12.5. The van der Waals surface area contributed by atoms with Gasteiger partial charge in [-0.05, 0) is 44.3 Å². The fourth-order valence-electron chi connectivity index (χ4n) is 2.77. The summed E-state index contributed by atoms with van der Waals surface area (Å²) in [6, 6.07) is 8.47. The average Bonchev–Trinajstić information content (AvgIpc) is 2.53. The highest BCUT2D eigenvalue weighted by atomic mass is 35.5. The molecule has 1 fully saturated rings. The van der Waals surface area contributed by atoms with E-state index in [2.05, 4.69) is 48.7 Å². The quantitative estimate of drug-likeness (QED) is 0.873. The number of methoxy groups -OCH3 is 1. The largest absolute Gasteiger partial charge is 0.368 e. The molecule has 22 heavy (non-hydrogen) atoms. The molecule has 1 amide bonds. The van der Waals surface area contributed by atoms with Crippen molar-refractivity contribution in [3.8, 4) is 0 Å². The average molecular weight is 327 g/mol. The Labute approximate surface area is 139 Å². The van der Waals surface area contributed by atoms with Crippen molar-refractivity contribution in [1.29, 1.82) is 0 Å². The van der Waals surface area contributed by atoms with Crippen LogP contribution in [-0.4, -0.2) is 38.3 Å². The van der Waals surface area contributed by atoms with Gasteiger partial charge < -0.3 is 15.4 Å². The third-order valence-electron chi connectivity index (χ3n) is 4.43. The molecule has 1 aliphatic heterocycles. The first-order chi connectivity index (χ1) is 10.1. The topological polar surface area (TPSA) is 50.4 Å². The van der Waals surface area contributed by atoms with E-state index in [4.69, 9.17) is 4.74 Å². The molecule has 0 aromatic heterocycles. The molecular formula is C17H27ClN2O2. The van der Waals surface area contributed by atoms with E-state index in [1.165, 1.54) is 11.1 Å². The molecule has 124 valence electrons. The fraction of sp³-hybridized carbons (Fsp3) is 0.588. The van der Waals surface area contributed by atoms with E-state index in [9.17, 15) is 4.79 Å². The van der Waals surface area contributed by atoms with E-state index in [0.717, 1.165) is 25.9 Å². The molecule has 5 heteroatoms. The summed E-state index contributed by atoms with van der Waals surface area (Å²) in [7, 11) is 1.63. The normalized spacial score (nSPS) is 18.1. The second kappa shape index (κ2) is 8.51. The number of carbonyl (C=O) groups excluding carboxylic acids is 1. The Morgan fingerprint density at radius 3 is 2.45 bits per heavy atom. The number of nitrogens with one attached hydrogen (secondary N) is 2. The summed E-state index contributed by atoms with van der Waals surface area (Å²) < 4.78 is 5.54. The van der Waals surface area contributed by atoms with Gasteiger partial charge in [-0.3, -0.25) is 4.79 Å². The van der Waals surface area contributed by atoms with Crippen LogP contribution >= 0.6 is 12.4 Å². The van der Waals surface area contributed by atoms with Crippen molar-refractivity contribution < 1.29 is 9.53 Å². The van der Waals surface area contributed by atoms with Crippen LogP contribution in [0.3, 0.4) is 0 Å². The van der Waals surface area contributed by atoms with Crippen molar-refractivity contribution in [2.24, 2.45) is 0 Å². The minimum Gasteiger partial charge on any atom is -0.368 e. The molecule has 1 aliphatic rings. The summed E-state index contributed by atoms with van der Waals surface area (Å²) in [4.78, 5) is 12.5. The molecule has 2 rings (SSSR count). The number of hydrogen-bond acceptors (Lipinski definition) is 3. The lowest BCUT2D eigenvalue weighted by Crippen LogP contribution is -2.54. The summed E-state index contributed by atoms with van der Waals surface area (Å²) >= 11 is 0. The van der Waals surface area contributed by atoms with E-state index in [0.29, 0.717) is 12.5 Å². The molecule has 2 N–H and O–H groups in total. The molecule has 0 bridgehead atoms. The third kappa shape index (κ3) is 4.45. The second-order valence-corrected chi connectivity index (χ2v) is 5.97. The van der Waals surface area contributed by atoms with Gasteiger partial charge in [0.15, 0.2) is 0 Å². The lowest BCUT2D eigenvalue weighted by atomic mass is 9.90. The maximum Gasteiger partial charge on any atom is 0.252 e. The van der Waals surface area contributed by atoms with Gasteiger partial charge in [0.2, 0.25) is 0 Å². The molecule has 1 atom stereocenters. The van der Waals surface area contributed by atoms with Crippen molar-refractivity contribution in [2.75, 3.05) is 26.7 Å². The smallest absolute Gasteiger partial charge is 0.252 e. The van der Waals surface area contributed by atoms with E-state index in [1.54, 1.807) is 7.11 Å². The number of hydrogen-bond donors (Lipinski definition) is 2. The molecule has 0 radical (unpaired) electrons. The first-order valence-electron chi connectivity index (χ1n) is 7.68. The van der Waals surface area contributed by atoms with Gasteiger partial charge >= 0.3 is 0 Å². The molecule has 1 unspecified atom stereocenters. The molecule has 1 heterocycles. The van der Waals surface area contributed by atoms with Crippen LogP contribution in [0.1, 0.15) is 36.8 Å². The zero-order valence-electron chi connectivity index (χ0n) is 13.6. The number of piperidine rings is 1. The molecular weight excluding hydrogens is 300 g/mol. The summed E-state index contributed by atoms with van der Waals surface area (Å²) in [5.41, 5.74) is 1.85. The predicted molar refractivity (Wildman–Crippen MR) is 91.7 cm³/mol. The van der Waals surface area contributed by atoms with Crippen molar-refractivity contribution in [1.82, 2.24) is 10.6 Å². The molecule has 4 nitrogen and oxygen atoms in total. The standard InChI is InChI=1S/C17H26N2O2.ClH/c1-13-4-6-15(7-5-13)14(2)12-19-16(20)17(21-3)8-10-18-11-9-17;/h4-7,14,18H,8-12H2,1-3H3,(H,19,20);1H. The Kier molecular flexibility index (Phi) is 7.33. The van der Waals surface area contributed by atoms with Crippen LogP contribution in [-0.2, 0) is 9.53 Å². The van der Waals surface area contributed by atoms with Crippen LogP contribution in [0.25, 0.3) is 0 Å². The van der Waals surface area contributed by atoms with Crippen molar-refractivity contribution >= 4 is 18.3 Å². The lowest BCUT2D eigenvalue weighted by Gasteiger charge is -2.35. The number of carbonyl (C=O) groups is 1. The Balaban J connectivity index is 0.00000242. The summed E-state index contributed by atoms with van der Waals surface area (Å²) in [5, 5.41) is 6.33. The molecule has 1 aromatic rings. The van der Waals surface area contributed by atoms with Crippen LogP contribution < -0.4 is 10.6 Å². The Bertz CT molecular complexity index is 470. The van der Waals surface area contributed by atoms with Crippen LogP contribution in [0.5, 0.6) is 0 Å². The van der Waals surface area contributed by atoms with E-state index >= 15 is 0 Å². The Hall–Kier alpha value is -1.10. The van der Waals surface area contributed by atoms with Crippen molar-refractivity contribution in [3.05, 3.63) is 35.4 Å². The minimum atomic E-state index is -0.655. The molecule has 1 saturated heterocycles. The minimum absolute atomic E-state index is 0. The van der Waals surface area contributed by atoms with Crippen molar-refractivity contribution in [2.45, 2.75) is 38.2 Å². The number of amides is 1. The molecule has 1 aromatic carbocycles. The van der Waals surface area contributed by atoms with Gasteiger partial charge in [-0.25, -0.2) is 0 Å². The van der Waals surface area contributed by atoms with Crippen LogP contribution in [0.2, 0.25) is 0 Å². The van der Waals surface area contributed by atoms with E-state index in [1.807, 2.05) is 0 Å². The monoisotopic (exact) mass is 326 g/mol. The Morgan fingerprint density at radius 1 is 1.32 bits per heavy atom. The highest BCUT2D eigenvalue weighted by molar-refractivity contribution is 5.85.